The minimum Gasteiger partial charge on any atom is -0.370 e. The molecule has 2 aliphatic heterocycles. The van der Waals surface area contributed by atoms with Crippen molar-refractivity contribution in [3.05, 3.63) is 71.8 Å². The topological polar surface area (TPSA) is 79.0 Å². The summed E-state index contributed by atoms with van der Waals surface area (Å²) in [6.45, 7) is 1.66. The minimum absolute atomic E-state index is 0.0338. The zero-order chi connectivity index (χ0) is 20.9. The molecule has 7 nitrogen and oxygen atoms in total. The number of rotatable bonds is 6. The molecule has 2 aromatic rings. The van der Waals surface area contributed by atoms with E-state index in [1.807, 2.05) is 60.7 Å². The fourth-order valence-electron chi connectivity index (χ4n) is 3.86. The second-order valence-corrected chi connectivity index (χ2v) is 7.54. The second kappa shape index (κ2) is 9.09. The van der Waals surface area contributed by atoms with Crippen LogP contribution in [-0.4, -0.2) is 59.9 Å². The molecule has 4 rings (SSSR count). The zero-order valence-electron chi connectivity index (χ0n) is 16.7. The molecule has 0 aliphatic carbocycles. The highest BCUT2D eigenvalue weighted by atomic mass is 16.5. The Bertz CT molecular complexity index is 903. The van der Waals surface area contributed by atoms with Gasteiger partial charge in [0.25, 0.3) is 5.91 Å². The highest BCUT2D eigenvalue weighted by Gasteiger charge is 2.40. The van der Waals surface area contributed by atoms with E-state index in [0.717, 1.165) is 11.1 Å². The number of morpholine rings is 1. The normalized spacial score (nSPS) is 21.6. The molecule has 0 aromatic heterocycles. The predicted octanol–water partition coefficient (Wildman–Crippen LogP) is 2.14. The number of hydrogen-bond acceptors (Lipinski definition) is 4. The highest BCUT2D eigenvalue weighted by Crippen LogP contribution is 2.23. The molecule has 0 bridgehead atoms. The van der Waals surface area contributed by atoms with Crippen molar-refractivity contribution in [2.75, 3.05) is 26.2 Å². The first-order valence-electron chi connectivity index (χ1n) is 10.2. The van der Waals surface area contributed by atoms with Gasteiger partial charge in [0.2, 0.25) is 5.91 Å². The van der Waals surface area contributed by atoms with Crippen molar-refractivity contribution in [3.8, 4) is 0 Å². The van der Waals surface area contributed by atoms with Crippen LogP contribution in [0.2, 0.25) is 0 Å². The third-order valence-corrected chi connectivity index (χ3v) is 5.54. The number of hydrogen-bond donors (Lipinski definition) is 1. The van der Waals surface area contributed by atoms with E-state index in [1.54, 1.807) is 4.90 Å². The Hall–Kier alpha value is -3.19. The Morgan fingerprint density at radius 2 is 1.73 bits per heavy atom. The Kier molecular flexibility index (Phi) is 6.09. The van der Waals surface area contributed by atoms with Crippen molar-refractivity contribution in [1.29, 1.82) is 0 Å². The van der Waals surface area contributed by atoms with Crippen molar-refractivity contribution in [2.24, 2.45) is 0 Å². The number of nitrogens with zero attached hydrogens (tertiary/aromatic N) is 2. The molecule has 0 saturated carbocycles. The van der Waals surface area contributed by atoms with Gasteiger partial charge in [0, 0.05) is 13.1 Å². The summed E-state index contributed by atoms with van der Waals surface area (Å²) in [5.41, 5.74) is 2.07. The van der Waals surface area contributed by atoms with Crippen molar-refractivity contribution in [1.82, 2.24) is 15.1 Å². The monoisotopic (exact) mass is 407 g/mol. The van der Waals surface area contributed by atoms with Gasteiger partial charge >= 0.3 is 6.03 Å². The molecule has 0 radical (unpaired) electrons. The standard InChI is InChI=1S/C23H25N3O4/c27-21(25-13-14-30-20(16-25)18-9-5-2-6-10-18)15-19-22(28)26(23(29)24-19)12-11-17-7-3-1-4-8-17/h1-10,19-20H,11-16H2,(H,24,29)/t19-,20?/m0/s1. The number of imide groups is 1. The first-order valence-corrected chi connectivity index (χ1v) is 10.2. The smallest absolute Gasteiger partial charge is 0.324 e. The fraction of sp³-hybridized carbons (Fsp3) is 0.348. The molecule has 2 heterocycles. The van der Waals surface area contributed by atoms with Gasteiger partial charge in [-0.3, -0.25) is 14.5 Å². The van der Waals surface area contributed by atoms with Crippen molar-refractivity contribution in [3.63, 3.8) is 0 Å². The van der Waals surface area contributed by atoms with Gasteiger partial charge in [0.1, 0.15) is 12.1 Å². The van der Waals surface area contributed by atoms with Crippen LogP contribution in [0.5, 0.6) is 0 Å². The van der Waals surface area contributed by atoms with Crippen molar-refractivity contribution >= 4 is 17.8 Å². The van der Waals surface area contributed by atoms with Gasteiger partial charge in [-0.05, 0) is 17.5 Å². The van der Waals surface area contributed by atoms with Crippen LogP contribution < -0.4 is 5.32 Å². The van der Waals surface area contributed by atoms with E-state index in [-0.39, 0.29) is 24.3 Å². The van der Waals surface area contributed by atoms with Gasteiger partial charge in [0.15, 0.2) is 0 Å². The van der Waals surface area contributed by atoms with Crippen LogP contribution in [-0.2, 0) is 20.7 Å². The molecule has 1 N–H and O–H groups in total. The van der Waals surface area contributed by atoms with Crippen LogP contribution in [0.3, 0.4) is 0 Å². The largest absolute Gasteiger partial charge is 0.370 e. The maximum atomic E-state index is 12.8. The first-order chi connectivity index (χ1) is 14.6. The number of nitrogens with one attached hydrogen (secondary N) is 1. The lowest BCUT2D eigenvalue weighted by Crippen LogP contribution is -2.45. The van der Waals surface area contributed by atoms with Crippen LogP contribution >= 0.6 is 0 Å². The third kappa shape index (κ3) is 4.52. The van der Waals surface area contributed by atoms with Gasteiger partial charge in [-0.15, -0.1) is 0 Å². The van der Waals surface area contributed by atoms with Gasteiger partial charge in [-0.25, -0.2) is 4.79 Å². The average Bonchev–Trinajstić information content (AvgIpc) is 3.06. The molecule has 30 heavy (non-hydrogen) atoms. The maximum absolute atomic E-state index is 12.8. The van der Waals surface area contributed by atoms with Crippen LogP contribution in [0.15, 0.2) is 60.7 Å². The Morgan fingerprint density at radius 1 is 1.03 bits per heavy atom. The summed E-state index contributed by atoms with van der Waals surface area (Å²) in [5, 5.41) is 2.66. The van der Waals surface area contributed by atoms with Crippen LogP contribution in [0.4, 0.5) is 4.79 Å². The van der Waals surface area contributed by atoms with Gasteiger partial charge in [-0.1, -0.05) is 60.7 Å². The number of benzene rings is 2. The first kappa shape index (κ1) is 20.1. The van der Waals surface area contributed by atoms with E-state index >= 15 is 0 Å². The van der Waals surface area contributed by atoms with Crippen LogP contribution in [0.25, 0.3) is 0 Å². The molecule has 1 unspecified atom stereocenters. The molecule has 0 spiro atoms. The third-order valence-electron chi connectivity index (χ3n) is 5.54. The summed E-state index contributed by atoms with van der Waals surface area (Å²) >= 11 is 0. The summed E-state index contributed by atoms with van der Waals surface area (Å²) in [6.07, 6.45) is 0.372. The zero-order valence-corrected chi connectivity index (χ0v) is 16.7. The molecule has 7 heteroatoms. The fourth-order valence-corrected chi connectivity index (χ4v) is 3.86. The van der Waals surface area contributed by atoms with E-state index in [1.165, 1.54) is 4.90 Å². The molecular weight excluding hydrogens is 382 g/mol. The summed E-state index contributed by atoms with van der Waals surface area (Å²) < 4.78 is 5.80. The summed E-state index contributed by atoms with van der Waals surface area (Å²) in [4.78, 5) is 40.7. The molecule has 156 valence electrons. The molecule has 2 aliphatic rings. The van der Waals surface area contributed by atoms with E-state index in [9.17, 15) is 14.4 Å². The Labute approximate surface area is 175 Å². The predicted molar refractivity (Wildman–Crippen MR) is 111 cm³/mol. The molecule has 2 aromatic carbocycles. The Morgan fingerprint density at radius 3 is 2.47 bits per heavy atom. The minimum atomic E-state index is -0.807. The van der Waals surface area contributed by atoms with E-state index in [4.69, 9.17) is 4.74 Å². The number of urea groups is 1. The summed E-state index contributed by atoms with van der Waals surface area (Å²) in [7, 11) is 0. The summed E-state index contributed by atoms with van der Waals surface area (Å²) in [5.74, 6) is -0.486. The van der Waals surface area contributed by atoms with Gasteiger partial charge in [0.05, 0.1) is 19.6 Å². The summed E-state index contributed by atoms with van der Waals surface area (Å²) in [6, 6.07) is 18.2. The molecule has 4 amide bonds. The maximum Gasteiger partial charge on any atom is 0.324 e. The molecule has 2 fully saturated rings. The SMILES string of the molecule is O=C(C[C@@H]1NC(=O)N(CCc2ccccc2)C1=O)N1CCOC(c2ccccc2)C1. The van der Waals surface area contributed by atoms with E-state index in [0.29, 0.717) is 32.7 Å². The average molecular weight is 407 g/mol. The highest BCUT2D eigenvalue weighted by molar-refractivity contribution is 6.05. The number of amides is 4. The number of carbonyl (C=O) groups is 3. The van der Waals surface area contributed by atoms with Crippen LogP contribution in [0, 0.1) is 0 Å². The van der Waals surface area contributed by atoms with Crippen LogP contribution in [0.1, 0.15) is 23.7 Å². The lowest BCUT2D eigenvalue weighted by atomic mass is 10.1. The lowest BCUT2D eigenvalue weighted by Gasteiger charge is -2.33. The number of carbonyl (C=O) groups excluding carboxylic acids is 3. The second-order valence-electron chi connectivity index (χ2n) is 7.54. The molecule has 2 saturated heterocycles. The van der Waals surface area contributed by atoms with E-state index in [2.05, 4.69) is 5.32 Å². The van der Waals surface area contributed by atoms with Crippen molar-refractivity contribution in [2.45, 2.75) is 25.0 Å². The van der Waals surface area contributed by atoms with Gasteiger partial charge in [-0.2, -0.15) is 0 Å². The lowest BCUT2D eigenvalue weighted by molar-refractivity contribution is -0.141. The number of ether oxygens (including phenoxy) is 1. The molecule has 2 atom stereocenters. The Balaban J connectivity index is 1.33. The molecular formula is C23H25N3O4. The van der Waals surface area contributed by atoms with E-state index < -0.39 is 12.1 Å². The van der Waals surface area contributed by atoms with Crippen molar-refractivity contribution < 1.29 is 19.1 Å². The quantitative estimate of drug-likeness (QED) is 0.744. The van der Waals surface area contributed by atoms with Gasteiger partial charge < -0.3 is 15.0 Å².